The fraction of sp³-hybridized carbons (Fsp3) is 1.00. The quantitative estimate of drug-likeness (QED) is 0.657. The van der Waals surface area contributed by atoms with E-state index in [4.69, 9.17) is 23.7 Å². The summed E-state index contributed by atoms with van der Waals surface area (Å²) in [4.78, 5) is 0. The Kier molecular flexibility index (Phi) is 3.16. The van der Waals surface area contributed by atoms with Gasteiger partial charge in [0.15, 0.2) is 0 Å². The Morgan fingerprint density at radius 2 is 0.962 bits per heavy atom. The lowest BCUT2D eigenvalue weighted by Gasteiger charge is -2.65. The minimum Gasteiger partial charge on any atom is -0.379 e. The minimum absolute atomic E-state index is 0.511. The van der Waals surface area contributed by atoms with E-state index in [1.54, 1.807) is 0 Å². The predicted molar refractivity (Wildman–Crippen MR) is 91.6 cm³/mol. The molecule has 0 radical (unpaired) electrons. The average Bonchev–Trinajstić information content (AvgIpc) is 3.34. The number of rotatable bonds is 0. The van der Waals surface area contributed by atoms with Gasteiger partial charge in [-0.25, -0.2) is 0 Å². The molecule has 26 heavy (non-hydrogen) atoms. The van der Waals surface area contributed by atoms with Crippen molar-refractivity contribution in [3.8, 4) is 0 Å². The fourth-order valence-electron chi connectivity index (χ4n) is 9.90. The summed E-state index contributed by atoms with van der Waals surface area (Å²) in [6.07, 6.45) is 5.17. The predicted octanol–water partition coefficient (Wildman–Crippen LogP) is 1.74. The van der Waals surface area contributed by atoms with Crippen LogP contribution < -0.4 is 0 Å². The third-order valence-electron chi connectivity index (χ3n) is 9.87. The Bertz CT molecular complexity index is 553. The van der Waals surface area contributed by atoms with Crippen LogP contribution in [0.15, 0.2) is 0 Å². The third-order valence-corrected chi connectivity index (χ3v) is 9.87. The summed E-state index contributed by atoms with van der Waals surface area (Å²) in [5.41, 5.74) is 1.02. The van der Waals surface area contributed by atoms with Crippen molar-refractivity contribution in [1.82, 2.24) is 0 Å². The van der Waals surface area contributed by atoms with Gasteiger partial charge in [-0.15, -0.1) is 0 Å². The van der Waals surface area contributed by atoms with E-state index >= 15 is 0 Å². The zero-order valence-corrected chi connectivity index (χ0v) is 15.4. The molecule has 0 aromatic heterocycles. The molecular formula is C21H30O5. The van der Waals surface area contributed by atoms with Crippen molar-refractivity contribution < 1.29 is 23.7 Å². The molecule has 0 aromatic rings. The summed E-state index contributed by atoms with van der Waals surface area (Å²) in [5, 5.41) is 0. The van der Waals surface area contributed by atoms with Crippen molar-refractivity contribution >= 4 is 0 Å². The summed E-state index contributed by atoms with van der Waals surface area (Å²) in [5.74, 6) is 5.30. The van der Waals surface area contributed by atoms with E-state index in [0.717, 1.165) is 48.7 Å². The van der Waals surface area contributed by atoms with Gasteiger partial charge in [0.25, 0.3) is 0 Å². The Balaban J connectivity index is 1.17. The zero-order valence-electron chi connectivity index (χ0n) is 15.4. The highest BCUT2D eigenvalue weighted by molar-refractivity contribution is 5.44. The van der Waals surface area contributed by atoms with Crippen LogP contribution in [0.25, 0.3) is 0 Å². The second-order valence-electron chi connectivity index (χ2n) is 9.75. The average molecular weight is 362 g/mol. The number of ether oxygens (including phenoxy) is 5. The van der Waals surface area contributed by atoms with Crippen LogP contribution in [0.4, 0.5) is 0 Å². The molecule has 4 bridgehead atoms. The van der Waals surface area contributed by atoms with Crippen LogP contribution in [0.2, 0.25) is 0 Å². The van der Waals surface area contributed by atoms with Crippen molar-refractivity contribution in [2.75, 3.05) is 52.9 Å². The fourth-order valence-corrected chi connectivity index (χ4v) is 9.90. The van der Waals surface area contributed by atoms with Gasteiger partial charge in [0, 0.05) is 13.2 Å². The highest BCUT2D eigenvalue weighted by Crippen LogP contribution is 2.97. The second kappa shape index (κ2) is 5.24. The smallest absolute Gasteiger partial charge is 0.0701 e. The van der Waals surface area contributed by atoms with Gasteiger partial charge in [0.05, 0.1) is 51.8 Å². The molecule has 8 aliphatic rings. The Labute approximate surface area is 155 Å². The van der Waals surface area contributed by atoms with Gasteiger partial charge in [0.1, 0.15) is 0 Å². The summed E-state index contributed by atoms with van der Waals surface area (Å²) >= 11 is 0. The normalized spacial score (nSPS) is 62.8. The van der Waals surface area contributed by atoms with Gasteiger partial charge in [-0.2, -0.15) is 0 Å². The van der Waals surface area contributed by atoms with Crippen LogP contribution in [0.5, 0.6) is 0 Å². The monoisotopic (exact) mass is 362 g/mol. The van der Waals surface area contributed by atoms with Crippen LogP contribution in [0, 0.1) is 46.3 Å². The standard InChI is InChI=1S/C21H30O5/c1-3-22-5-7-24-9-10-25-8-6-23-4-2-21-13-11-12-14-15(13)19-17(21)16(18(14)26-19)20(1,12)21/h12-19H,1-11H2. The largest absolute Gasteiger partial charge is 0.379 e. The van der Waals surface area contributed by atoms with Gasteiger partial charge >= 0.3 is 0 Å². The maximum absolute atomic E-state index is 6.59. The molecule has 5 aliphatic carbocycles. The SMILES string of the molecule is C1COCCOCCC23C4CC5C6C7OC(C64)C2C7C53CCOCCO1. The van der Waals surface area contributed by atoms with Crippen LogP contribution in [-0.4, -0.2) is 65.1 Å². The lowest BCUT2D eigenvalue weighted by Crippen LogP contribution is -2.64. The van der Waals surface area contributed by atoms with Gasteiger partial charge < -0.3 is 23.7 Å². The molecule has 3 aliphatic heterocycles. The molecule has 0 N–H and O–H groups in total. The lowest BCUT2D eigenvalue weighted by atomic mass is 9.38. The molecular weight excluding hydrogens is 332 g/mol. The van der Waals surface area contributed by atoms with Gasteiger partial charge in [0.2, 0.25) is 0 Å². The van der Waals surface area contributed by atoms with Crippen molar-refractivity contribution in [3.63, 3.8) is 0 Å². The van der Waals surface area contributed by atoms with E-state index < -0.39 is 0 Å². The third kappa shape index (κ3) is 1.47. The van der Waals surface area contributed by atoms with Crippen LogP contribution in [0.3, 0.4) is 0 Å². The van der Waals surface area contributed by atoms with Crippen LogP contribution >= 0.6 is 0 Å². The summed E-state index contributed by atoms with van der Waals surface area (Å²) in [7, 11) is 0. The Morgan fingerprint density at radius 1 is 0.538 bits per heavy atom. The van der Waals surface area contributed by atoms with E-state index in [9.17, 15) is 0 Å². The first-order valence-corrected chi connectivity index (χ1v) is 10.9. The molecule has 144 valence electrons. The molecule has 5 nitrogen and oxygen atoms in total. The Hall–Kier alpha value is -0.200. The minimum atomic E-state index is 0.511. The highest BCUT2D eigenvalue weighted by atomic mass is 16.6. The van der Waals surface area contributed by atoms with E-state index in [1.165, 1.54) is 19.3 Å². The first-order chi connectivity index (χ1) is 12.9. The maximum atomic E-state index is 6.59. The molecule has 5 saturated carbocycles. The maximum Gasteiger partial charge on any atom is 0.0701 e. The zero-order chi connectivity index (χ0) is 16.9. The molecule has 3 heterocycles. The van der Waals surface area contributed by atoms with Gasteiger partial charge in [-0.1, -0.05) is 0 Å². The Morgan fingerprint density at radius 3 is 1.42 bits per heavy atom. The van der Waals surface area contributed by atoms with E-state index in [-0.39, 0.29) is 0 Å². The number of hydrogen-bond acceptors (Lipinski definition) is 5. The van der Waals surface area contributed by atoms with E-state index in [2.05, 4.69) is 0 Å². The van der Waals surface area contributed by atoms with Crippen molar-refractivity contribution in [2.24, 2.45) is 46.3 Å². The topological polar surface area (TPSA) is 46.2 Å². The summed E-state index contributed by atoms with van der Waals surface area (Å²) in [6, 6.07) is 0. The highest BCUT2D eigenvalue weighted by Gasteiger charge is 2.98. The van der Waals surface area contributed by atoms with Gasteiger partial charge in [-0.3, -0.25) is 0 Å². The van der Waals surface area contributed by atoms with Crippen LogP contribution in [-0.2, 0) is 23.7 Å². The van der Waals surface area contributed by atoms with E-state index in [0.29, 0.717) is 62.7 Å². The molecule has 10 unspecified atom stereocenters. The molecule has 8 rings (SSSR count). The summed E-state index contributed by atoms with van der Waals surface area (Å²) < 4.78 is 29.8. The first kappa shape index (κ1) is 15.7. The molecule has 2 spiro atoms. The van der Waals surface area contributed by atoms with Crippen molar-refractivity contribution in [1.29, 1.82) is 0 Å². The van der Waals surface area contributed by atoms with E-state index in [1.807, 2.05) is 0 Å². The molecule has 10 atom stereocenters. The molecule has 3 saturated heterocycles. The van der Waals surface area contributed by atoms with Gasteiger partial charge in [-0.05, 0) is 65.6 Å². The molecule has 8 fully saturated rings. The van der Waals surface area contributed by atoms with Crippen LogP contribution in [0.1, 0.15) is 19.3 Å². The van der Waals surface area contributed by atoms with Crippen molar-refractivity contribution in [3.05, 3.63) is 0 Å². The second-order valence-corrected chi connectivity index (χ2v) is 9.75. The molecule has 5 heteroatoms. The lowest BCUT2D eigenvalue weighted by molar-refractivity contribution is -0.200. The summed E-state index contributed by atoms with van der Waals surface area (Å²) in [6.45, 7) is 5.85. The molecule has 0 aromatic carbocycles. The first-order valence-electron chi connectivity index (χ1n) is 10.9. The van der Waals surface area contributed by atoms with Crippen molar-refractivity contribution in [2.45, 2.75) is 31.5 Å². The molecule has 0 amide bonds. The number of hydrogen-bond donors (Lipinski definition) is 0.